The molecule has 2 heterocycles. The molecule has 0 saturated carbocycles. The third-order valence-corrected chi connectivity index (χ3v) is 8.08. The van der Waals surface area contributed by atoms with E-state index in [1.807, 2.05) is 22.6 Å². The number of para-hydroxylation sites is 1. The predicted molar refractivity (Wildman–Crippen MR) is 182 cm³/mol. The van der Waals surface area contributed by atoms with Gasteiger partial charge >= 0.3 is 5.69 Å². The second-order valence-corrected chi connectivity index (χ2v) is 11.5. The van der Waals surface area contributed by atoms with Gasteiger partial charge in [0, 0.05) is 27.4 Å². The van der Waals surface area contributed by atoms with E-state index in [9.17, 15) is 19.2 Å². The number of pyridine rings is 1. The first kappa shape index (κ1) is 29.8. The number of benzene rings is 4. The molecule has 0 atom stereocenters. The number of aryl methyl sites for hydroxylation is 1. The van der Waals surface area contributed by atoms with E-state index in [1.54, 1.807) is 91.0 Å². The van der Waals surface area contributed by atoms with Gasteiger partial charge in [0.1, 0.15) is 17.0 Å². The fourth-order valence-electron chi connectivity index (χ4n) is 5.22. The SMILES string of the molecule is Cc1c(=O)n(C)c(Nc2ccc(I)cc2F)c2c(=O)n(-c3ccccc3)c(=O)n(-c3cccc(NC(=O)c4ccccc4)c3)c12. The Morgan fingerprint density at radius 3 is 2.13 bits per heavy atom. The number of carbonyl (C=O) groups is 1. The number of anilines is 3. The van der Waals surface area contributed by atoms with Gasteiger partial charge in [-0.1, -0.05) is 42.5 Å². The minimum absolute atomic E-state index is 0.00488. The Balaban J connectivity index is 1.66. The summed E-state index contributed by atoms with van der Waals surface area (Å²) in [6.45, 7) is 1.53. The molecule has 6 rings (SSSR count). The summed E-state index contributed by atoms with van der Waals surface area (Å²) < 4.78 is 19.2. The topological polar surface area (TPSA) is 107 Å². The molecule has 0 fully saturated rings. The third kappa shape index (κ3) is 5.46. The molecule has 0 spiro atoms. The van der Waals surface area contributed by atoms with E-state index in [0.29, 0.717) is 26.2 Å². The average molecular weight is 714 g/mol. The lowest BCUT2D eigenvalue weighted by molar-refractivity contribution is 0.102. The van der Waals surface area contributed by atoms with Gasteiger partial charge in [0.05, 0.1) is 22.6 Å². The lowest BCUT2D eigenvalue weighted by atomic mass is 10.1. The van der Waals surface area contributed by atoms with Crippen molar-refractivity contribution >= 4 is 56.6 Å². The number of nitrogens with zero attached hydrogens (tertiary/aromatic N) is 3. The highest BCUT2D eigenvalue weighted by atomic mass is 127. The zero-order valence-electron chi connectivity index (χ0n) is 24.0. The maximum Gasteiger partial charge on any atom is 0.340 e. The summed E-state index contributed by atoms with van der Waals surface area (Å²) in [5.41, 5.74) is -0.252. The largest absolute Gasteiger partial charge is 0.340 e. The van der Waals surface area contributed by atoms with Gasteiger partial charge in [0.25, 0.3) is 17.0 Å². The van der Waals surface area contributed by atoms with E-state index in [2.05, 4.69) is 10.6 Å². The highest BCUT2D eigenvalue weighted by Gasteiger charge is 2.24. The first-order chi connectivity index (χ1) is 21.7. The van der Waals surface area contributed by atoms with Crippen molar-refractivity contribution < 1.29 is 9.18 Å². The average Bonchev–Trinajstić information content (AvgIpc) is 3.04. The van der Waals surface area contributed by atoms with Gasteiger partial charge in [-0.05, 0) is 90.2 Å². The van der Waals surface area contributed by atoms with E-state index in [4.69, 9.17) is 0 Å². The summed E-state index contributed by atoms with van der Waals surface area (Å²) in [7, 11) is 1.48. The van der Waals surface area contributed by atoms with Gasteiger partial charge in [0.2, 0.25) is 0 Å². The van der Waals surface area contributed by atoms with E-state index < -0.39 is 22.6 Å². The first-order valence-corrected chi connectivity index (χ1v) is 14.9. The normalized spacial score (nSPS) is 11.0. The van der Waals surface area contributed by atoms with Crippen LogP contribution in [0.4, 0.5) is 21.6 Å². The minimum Gasteiger partial charge on any atom is -0.338 e. The smallest absolute Gasteiger partial charge is 0.338 e. The Labute approximate surface area is 269 Å². The van der Waals surface area contributed by atoms with Crippen LogP contribution in [0.5, 0.6) is 0 Å². The number of nitrogens with one attached hydrogen (secondary N) is 2. The molecule has 6 aromatic rings. The van der Waals surface area contributed by atoms with Gasteiger partial charge < -0.3 is 10.6 Å². The maximum atomic E-state index is 15.0. The van der Waals surface area contributed by atoms with Crippen molar-refractivity contribution in [1.82, 2.24) is 13.7 Å². The summed E-state index contributed by atoms with van der Waals surface area (Å²) in [6, 6.07) is 28.1. The van der Waals surface area contributed by atoms with Crippen molar-refractivity contribution in [2.75, 3.05) is 10.6 Å². The second-order valence-electron chi connectivity index (χ2n) is 10.3. The Kier molecular flexibility index (Phi) is 7.94. The number of hydrogen-bond acceptors (Lipinski definition) is 5. The van der Waals surface area contributed by atoms with Gasteiger partial charge in [-0.3, -0.25) is 23.5 Å². The summed E-state index contributed by atoms with van der Waals surface area (Å²) in [6.07, 6.45) is 0. The summed E-state index contributed by atoms with van der Waals surface area (Å²) in [5, 5.41) is 5.79. The van der Waals surface area contributed by atoms with Crippen molar-refractivity contribution in [3.63, 3.8) is 0 Å². The molecule has 2 aromatic heterocycles. The number of halogens is 2. The molecule has 0 bridgehead atoms. The fraction of sp³-hybridized carbons (Fsp3) is 0.0588. The summed E-state index contributed by atoms with van der Waals surface area (Å²) >= 11 is 1.99. The van der Waals surface area contributed by atoms with Crippen LogP contribution in [-0.4, -0.2) is 19.6 Å². The van der Waals surface area contributed by atoms with Gasteiger partial charge in [-0.25, -0.2) is 13.8 Å². The summed E-state index contributed by atoms with van der Waals surface area (Å²) in [5.74, 6) is -0.922. The zero-order valence-corrected chi connectivity index (χ0v) is 26.2. The number of fused-ring (bicyclic) bond motifs is 1. The van der Waals surface area contributed by atoms with Crippen molar-refractivity contribution in [2.45, 2.75) is 6.92 Å². The number of carbonyl (C=O) groups excluding carboxylic acids is 1. The van der Waals surface area contributed by atoms with Crippen LogP contribution in [-0.2, 0) is 7.05 Å². The molecule has 4 aromatic carbocycles. The van der Waals surface area contributed by atoms with E-state index >= 15 is 4.39 Å². The van der Waals surface area contributed by atoms with Crippen molar-refractivity contribution in [3.05, 3.63) is 155 Å². The molecule has 0 aliphatic heterocycles. The Morgan fingerprint density at radius 2 is 1.44 bits per heavy atom. The van der Waals surface area contributed by atoms with Gasteiger partial charge in [-0.15, -0.1) is 0 Å². The molecule has 11 heteroatoms. The fourth-order valence-corrected chi connectivity index (χ4v) is 5.68. The molecule has 9 nitrogen and oxygen atoms in total. The molecule has 0 unspecified atom stereocenters. The predicted octanol–water partition coefficient (Wildman–Crippen LogP) is 5.89. The molecule has 224 valence electrons. The Morgan fingerprint density at radius 1 is 0.778 bits per heavy atom. The van der Waals surface area contributed by atoms with Gasteiger partial charge in [0.15, 0.2) is 0 Å². The molecule has 1 amide bonds. The number of amides is 1. The Hall–Kier alpha value is -5.30. The van der Waals surface area contributed by atoms with Gasteiger partial charge in [-0.2, -0.15) is 0 Å². The number of rotatable bonds is 6. The molecule has 0 aliphatic rings. The summed E-state index contributed by atoms with van der Waals surface area (Å²) in [4.78, 5) is 55.2. The number of aromatic nitrogens is 3. The molecule has 0 saturated heterocycles. The minimum atomic E-state index is -0.729. The molecule has 0 radical (unpaired) electrons. The van der Waals surface area contributed by atoms with Crippen LogP contribution in [0.1, 0.15) is 15.9 Å². The second kappa shape index (κ2) is 12.0. The van der Waals surface area contributed by atoms with Crippen LogP contribution in [0.2, 0.25) is 0 Å². The quantitative estimate of drug-likeness (QED) is 0.210. The highest BCUT2D eigenvalue weighted by Crippen LogP contribution is 2.28. The van der Waals surface area contributed by atoms with Crippen LogP contribution in [0.15, 0.2) is 118 Å². The molecule has 45 heavy (non-hydrogen) atoms. The van der Waals surface area contributed by atoms with Crippen molar-refractivity contribution in [1.29, 1.82) is 0 Å². The van der Waals surface area contributed by atoms with E-state index in [1.165, 1.54) is 35.2 Å². The monoisotopic (exact) mass is 713 g/mol. The van der Waals surface area contributed by atoms with Crippen LogP contribution in [0.25, 0.3) is 22.3 Å². The van der Waals surface area contributed by atoms with Crippen molar-refractivity contribution in [3.8, 4) is 11.4 Å². The number of hydrogen-bond donors (Lipinski definition) is 2. The lowest BCUT2D eigenvalue weighted by Gasteiger charge is -2.21. The van der Waals surface area contributed by atoms with Crippen LogP contribution in [0, 0.1) is 16.3 Å². The molecule has 2 N–H and O–H groups in total. The van der Waals surface area contributed by atoms with E-state index in [-0.39, 0.29) is 33.9 Å². The van der Waals surface area contributed by atoms with Crippen LogP contribution < -0.4 is 27.4 Å². The maximum absolute atomic E-state index is 15.0. The molecular weight excluding hydrogens is 688 g/mol. The lowest BCUT2D eigenvalue weighted by Crippen LogP contribution is -2.40. The standard InChI is InChI=1S/C34H25FIN5O4/c1-20-29-28(30(39(2)32(20)43)38-27-17-16-22(36)18-26(27)35)33(44)41(24-13-7-4-8-14-24)34(45)40(29)25-15-9-12-23(19-25)37-31(42)21-10-5-3-6-11-21/h3-19,38H,1-2H3,(H,37,42). The Bertz CT molecular complexity index is 2300. The van der Waals surface area contributed by atoms with Crippen LogP contribution in [0.3, 0.4) is 0 Å². The third-order valence-electron chi connectivity index (χ3n) is 7.41. The van der Waals surface area contributed by atoms with Crippen molar-refractivity contribution in [2.24, 2.45) is 7.05 Å². The molecular formula is C34H25FIN5O4. The highest BCUT2D eigenvalue weighted by molar-refractivity contribution is 14.1. The van der Waals surface area contributed by atoms with Crippen LogP contribution >= 0.6 is 22.6 Å². The van der Waals surface area contributed by atoms with E-state index in [0.717, 1.165) is 4.57 Å². The molecule has 0 aliphatic carbocycles. The first-order valence-electron chi connectivity index (χ1n) is 13.8. The zero-order chi connectivity index (χ0) is 31.8.